The lowest BCUT2D eigenvalue weighted by Gasteiger charge is -2.19. The number of aliphatic hydroxyl groups is 1. The molecular formula is C17H20BrNO2. The molecule has 0 unspecified atom stereocenters. The summed E-state index contributed by atoms with van der Waals surface area (Å²) in [7, 11) is 0. The Bertz CT molecular complexity index is 648. The molecule has 0 aliphatic carbocycles. The quantitative estimate of drug-likeness (QED) is 0.870. The number of aliphatic hydroxyl groups excluding tert-OH is 1. The minimum absolute atomic E-state index is 0.0265. The molecule has 3 nitrogen and oxygen atoms in total. The zero-order chi connectivity index (χ0) is 15.6. The molecule has 1 heterocycles. The molecule has 1 aromatic heterocycles. The second-order valence-electron chi connectivity index (χ2n) is 6.12. The standard InChI is InChI=1S/C17H20BrNO2/c1-11-7-13(5-6-14(11)18)21-16-9-12(10-20)8-15(19-16)17(2,3)4/h5-9,20H,10H2,1-4H3. The Hall–Kier alpha value is -1.39. The third-order valence-corrected chi connectivity index (χ3v) is 4.05. The van der Waals surface area contributed by atoms with Crippen molar-refractivity contribution in [3.8, 4) is 11.6 Å². The Morgan fingerprint density at radius 1 is 1.19 bits per heavy atom. The molecule has 1 N–H and O–H groups in total. The van der Waals surface area contributed by atoms with Crippen LogP contribution in [0.4, 0.5) is 0 Å². The molecule has 2 rings (SSSR count). The van der Waals surface area contributed by atoms with Crippen LogP contribution < -0.4 is 4.74 Å². The van der Waals surface area contributed by atoms with Gasteiger partial charge in [-0.15, -0.1) is 0 Å². The highest BCUT2D eigenvalue weighted by Crippen LogP contribution is 2.28. The molecule has 0 radical (unpaired) electrons. The topological polar surface area (TPSA) is 42.4 Å². The summed E-state index contributed by atoms with van der Waals surface area (Å²) >= 11 is 3.47. The Morgan fingerprint density at radius 2 is 1.90 bits per heavy atom. The average molecular weight is 350 g/mol. The highest BCUT2D eigenvalue weighted by molar-refractivity contribution is 9.10. The molecule has 0 aliphatic heterocycles. The Kier molecular flexibility index (Phi) is 4.69. The number of hydrogen-bond acceptors (Lipinski definition) is 3. The van der Waals surface area contributed by atoms with Gasteiger partial charge in [0.2, 0.25) is 5.88 Å². The smallest absolute Gasteiger partial charge is 0.219 e. The molecule has 0 bridgehead atoms. The van der Waals surface area contributed by atoms with Crippen molar-refractivity contribution < 1.29 is 9.84 Å². The third kappa shape index (κ3) is 4.05. The van der Waals surface area contributed by atoms with E-state index in [2.05, 4.69) is 41.7 Å². The van der Waals surface area contributed by atoms with Crippen molar-refractivity contribution in [1.29, 1.82) is 0 Å². The predicted octanol–water partition coefficient (Wildman–Crippen LogP) is 4.73. The third-order valence-electron chi connectivity index (χ3n) is 3.16. The van der Waals surface area contributed by atoms with E-state index < -0.39 is 0 Å². The van der Waals surface area contributed by atoms with Crippen LogP contribution in [0.3, 0.4) is 0 Å². The minimum atomic E-state index is -0.0983. The van der Waals surface area contributed by atoms with E-state index in [0.29, 0.717) is 5.88 Å². The van der Waals surface area contributed by atoms with Gasteiger partial charge in [0.1, 0.15) is 5.75 Å². The van der Waals surface area contributed by atoms with Crippen molar-refractivity contribution in [2.45, 2.75) is 39.7 Å². The second kappa shape index (κ2) is 6.16. The lowest BCUT2D eigenvalue weighted by molar-refractivity contribution is 0.280. The molecule has 21 heavy (non-hydrogen) atoms. The molecule has 1 aromatic carbocycles. The van der Waals surface area contributed by atoms with Gasteiger partial charge in [0.15, 0.2) is 0 Å². The molecule has 0 atom stereocenters. The van der Waals surface area contributed by atoms with Gasteiger partial charge in [0.05, 0.1) is 12.3 Å². The van der Waals surface area contributed by atoms with Crippen LogP contribution in [0.1, 0.15) is 37.6 Å². The highest BCUT2D eigenvalue weighted by atomic mass is 79.9. The van der Waals surface area contributed by atoms with Crippen molar-refractivity contribution in [3.05, 3.63) is 51.6 Å². The number of nitrogens with zero attached hydrogens (tertiary/aromatic N) is 1. The first kappa shape index (κ1) is 16.0. The summed E-state index contributed by atoms with van der Waals surface area (Å²) in [6.07, 6.45) is 0. The normalized spacial score (nSPS) is 11.5. The highest BCUT2D eigenvalue weighted by Gasteiger charge is 2.17. The maximum absolute atomic E-state index is 9.41. The summed E-state index contributed by atoms with van der Waals surface area (Å²) in [6.45, 7) is 8.24. The summed E-state index contributed by atoms with van der Waals surface area (Å²) in [5, 5.41) is 9.41. The molecule has 0 fully saturated rings. The summed E-state index contributed by atoms with van der Waals surface area (Å²) in [6, 6.07) is 9.48. The molecule has 0 aliphatic rings. The number of hydrogen-bond donors (Lipinski definition) is 1. The maximum atomic E-state index is 9.41. The van der Waals surface area contributed by atoms with Crippen LogP contribution in [-0.4, -0.2) is 10.1 Å². The fourth-order valence-electron chi connectivity index (χ4n) is 1.89. The Labute approximate surface area is 134 Å². The second-order valence-corrected chi connectivity index (χ2v) is 6.97. The monoisotopic (exact) mass is 349 g/mol. The largest absolute Gasteiger partial charge is 0.439 e. The number of aromatic nitrogens is 1. The number of aryl methyl sites for hydroxylation is 1. The number of halogens is 1. The number of ether oxygens (including phenoxy) is 1. The van der Waals surface area contributed by atoms with E-state index in [1.54, 1.807) is 6.07 Å². The van der Waals surface area contributed by atoms with Gasteiger partial charge in [-0.3, -0.25) is 0 Å². The lowest BCUT2D eigenvalue weighted by Crippen LogP contribution is -2.14. The molecule has 2 aromatic rings. The average Bonchev–Trinajstić information content (AvgIpc) is 2.41. The van der Waals surface area contributed by atoms with Gasteiger partial charge in [-0.1, -0.05) is 36.7 Å². The van der Waals surface area contributed by atoms with Gasteiger partial charge < -0.3 is 9.84 Å². The summed E-state index contributed by atoms with van der Waals surface area (Å²) < 4.78 is 6.89. The molecule has 0 amide bonds. The van der Waals surface area contributed by atoms with E-state index in [-0.39, 0.29) is 12.0 Å². The summed E-state index contributed by atoms with van der Waals surface area (Å²) in [5.74, 6) is 1.24. The van der Waals surface area contributed by atoms with E-state index in [4.69, 9.17) is 4.74 Å². The van der Waals surface area contributed by atoms with E-state index in [0.717, 1.165) is 27.0 Å². The fraction of sp³-hybridized carbons (Fsp3) is 0.353. The van der Waals surface area contributed by atoms with Crippen molar-refractivity contribution in [2.75, 3.05) is 0 Å². The number of pyridine rings is 1. The van der Waals surface area contributed by atoms with Crippen molar-refractivity contribution in [2.24, 2.45) is 0 Å². The van der Waals surface area contributed by atoms with E-state index in [9.17, 15) is 5.11 Å². The van der Waals surface area contributed by atoms with E-state index >= 15 is 0 Å². The lowest BCUT2D eigenvalue weighted by atomic mass is 9.91. The van der Waals surface area contributed by atoms with Gasteiger partial charge >= 0.3 is 0 Å². The molecular weight excluding hydrogens is 330 g/mol. The van der Waals surface area contributed by atoms with E-state index in [1.165, 1.54) is 0 Å². The molecule has 0 saturated heterocycles. The SMILES string of the molecule is Cc1cc(Oc2cc(CO)cc(C(C)(C)C)n2)ccc1Br. The van der Waals surface area contributed by atoms with Crippen LogP contribution in [0.5, 0.6) is 11.6 Å². The Balaban J connectivity index is 2.36. The zero-order valence-corrected chi connectivity index (χ0v) is 14.4. The summed E-state index contributed by atoms with van der Waals surface area (Å²) in [5.41, 5.74) is 2.71. The van der Waals surface area contributed by atoms with Crippen LogP contribution >= 0.6 is 15.9 Å². The van der Waals surface area contributed by atoms with Gasteiger partial charge in [0.25, 0.3) is 0 Å². The van der Waals surface area contributed by atoms with Crippen LogP contribution in [0.15, 0.2) is 34.8 Å². The molecule has 0 spiro atoms. The first-order valence-electron chi connectivity index (χ1n) is 6.86. The van der Waals surface area contributed by atoms with Gasteiger partial charge in [-0.05, 0) is 42.3 Å². The van der Waals surface area contributed by atoms with Crippen molar-refractivity contribution >= 4 is 15.9 Å². The minimum Gasteiger partial charge on any atom is -0.439 e. The molecule has 112 valence electrons. The van der Waals surface area contributed by atoms with E-state index in [1.807, 2.05) is 31.2 Å². The first-order valence-corrected chi connectivity index (χ1v) is 7.65. The van der Waals surface area contributed by atoms with Crippen molar-refractivity contribution in [3.63, 3.8) is 0 Å². The summed E-state index contributed by atoms with van der Waals surface area (Å²) in [4.78, 5) is 4.55. The molecule has 0 saturated carbocycles. The number of benzene rings is 1. The van der Waals surface area contributed by atoms with Crippen molar-refractivity contribution in [1.82, 2.24) is 4.98 Å². The van der Waals surface area contributed by atoms with Crippen LogP contribution in [-0.2, 0) is 12.0 Å². The van der Waals surface area contributed by atoms with Gasteiger partial charge in [-0.2, -0.15) is 0 Å². The van der Waals surface area contributed by atoms with Crippen LogP contribution in [0.25, 0.3) is 0 Å². The maximum Gasteiger partial charge on any atom is 0.219 e. The van der Waals surface area contributed by atoms with Gasteiger partial charge in [-0.25, -0.2) is 4.98 Å². The van der Waals surface area contributed by atoms with Crippen LogP contribution in [0, 0.1) is 6.92 Å². The zero-order valence-electron chi connectivity index (χ0n) is 12.8. The number of rotatable bonds is 3. The predicted molar refractivity (Wildman–Crippen MR) is 87.8 cm³/mol. The van der Waals surface area contributed by atoms with Gasteiger partial charge in [0, 0.05) is 16.0 Å². The molecule has 4 heteroatoms. The fourth-order valence-corrected chi connectivity index (χ4v) is 2.13. The Morgan fingerprint density at radius 3 is 2.48 bits per heavy atom. The first-order chi connectivity index (χ1) is 9.79. The van der Waals surface area contributed by atoms with Crippen LogP contribution in [0.2, 0.25) is 0 Å².